The number of aromatic nitrogens is 1. The van der Waals surface area contributed by atoms with Crippen LogP contribution in [0.1, 0.15) is 42.5 Å². The molecule has 1 saturated carbocycles. The van der Waals surface area contributed by atoms with Crippen LogP contribution < -0.4 is 25.8 Å². The van der Waals surface area contributed by atoms with Crippen LogP contribution in [-0.2, 0) is 9.53 Å². The number of carbonyl (C=O) groups excluding carboxylic acids is 2. The Hall–Kier alpha value is -4.63. The van der Waals surface area contributed by atoms with Gasteiger partial charge in [-0.05, 0) is 74.2 Å². The number of amides is 1. The predicted molar refractivity (Wildman–Crippen MR) is 159 cm³/mol. The number of ether oxygens (including phenoxy) is 3. The first-order chi connectivity index (χ1) is 20.0. The van der Waals surface area contributed by atoms with Gasteiger partial charge in [-0.15, -0.1) is 0 Å². The highest BCUT2D eigenvalue weighted by molar-refractivity contribution is 6.04. The fraction of sp³-hybridized carbons (Fsp3) is 0.281. The summed E-state index contributed by atoms with van der Waals surface area (Å²) < 4.78 is 17.1. The van der Waals surface area contributed by atoms with Crippen molar-refractivity contribution in [3.05, 3.63) is 84.6 Å². The summed E-state index contributed by atoms with van der Waals surface area (Å²) in [6.07, 6.45) is 6.02. The lowest BCUT2D eigenvalue weighted by Gasteiger charge is -2.17. The zero-order chi connectivity index (χ0) is 28.6. The van der Waals surface area contributed by atoms with Gasteiger partial charge < -0.3 is 30.6 Å². The van der Waals surface area contributed by atoms with E-state index in [4.69, 9.17) is 19.9 Å². The van der Waals surface area contributed by atoms with E-state index in [-0.39, 0.29) is 24.6 Å². The molecule has 4 aromatic rings. The maximum Gasteiger partial charge on any atom is 0.323 e. The molecule has 1 fully saturated rings. The molecule has 0 saturated heterocycles. The van der Waals surface area contributed by atoms with Gasteiger partial charge in [0.25, 0.3) is 5.91 Å². The molecule has 0 bridgehead atoms. The van der Waals surface area contributed by atoms with Crippen molar-refractivity contribution in [1.82, 2.24) is 4.98 Å². The van der Waals surface area contributed by atoms with E-state index >= 15 is 0 Å². The second-order valence-electron chi connectivity index (χ2n) is 9.99. The Balaban J connectivity index is 1.22. The van der Waals surface area contributed by atoms with Crippen LogP contribution in [0.2, 0.25) is 0 Å². The molecule has 0 unspecified atom stereocenters. The normalized spacial score (nSPS) is 13.9. The number of pyridine rings is 1. The number of nitrogens with one attached hydrogen (secondary N) is 2. The summed E-state index contributed by atoms with van der Waals surface area (Å²) in [6.45, 7) is 0.230. The second-order valence-corrected chi connectivity index (χ2v) is 9.99. The predicted octanol–water partition coefficient (Wildman–Crippen LogP) is 5.82. The zero-order valence-corrected chi connectivity index (χ0v) is 23.0. The van der Waals surface area contributed by atoms with E-state index in [1.807, 2.05) is 60.7 Å². The smallest absolute Gasteiger partial charge is 0.323 e. The Kier molecular flexibility index (Phi) is 8.95. The number of hydrogen-bond donors (Lipinski definition) is 3. The fourth-order valence-corrected chi connectivity index (χ4v) is 4.79. The van der Waals surface area contributed by atoms with Gasteiger partial charge in [0.2, 0.25) is 0 Å². The summed E-state index contributed by atoms with van der Waals surface area (Å²) in [6, 6.07) is 21.3. The number of fused-ring (bicyclic) bond motifs is 1. The Labute approximate surface area is 239 Å². The lowest BCUT2D eigenvalue weighted by Crippen LogP contribution is -2.35. The van der Waals surface area contributed by atoms with E-state index in [1.54, 1.807) is 25.4 Å². The second kappa shape index (κ2) is 13.1. The van der Waals surface area contributed by atoms with E-state index in [2.05, 4.69) is 15.6 Å². The van der Waals surface area contributed by atoms with E-state index in [1.165, 1.54) is 0 Å². The van der Waals surface area contributed by atoms with Crippen molar-refractivity contribution >= 4 is 39.8 Å². The van der Waals surface area contributed by atoms with Gasteiger partial charge in [0.05, 0.1) is 19.2 Å². The number of hydrogen-bond acceptors (Lipinski definition) is 8. The SMILES string of the molecule is COc1cc2c(Nc3ccc(NC(=O)c4ccccc4)cc3)ccnc2cc1OCC[C@H](N)C(=O)OC1CCCC1. The zero-order valence-electron chi connectivity index (χ0n) is 23.0. The lowest BCUT2D eigenvalue weighted by molar-refractivity contribution is -0.150. The minimum absolute atomic E-state index is 0.0117. The third kappa shape index (κ3) is 7.12. The van der Waals surface area contributed by atoms with Gasteiger partial charge in [-0.1, -0.05) is 18.2 Å². The van der Waals surface area contributed by atoms with Crippen molar-refractivity contribution in [1.29, 1.82) is 0 Å². The largest absolute Gasteiger partial charge is 0.493 e. The van der Waals surface area contributed by atoms with Gasteiger partial charge >= 0.3 is 5.97 Å². The first kappa shape index (κ1) is 27.9. The van der Waals surface area contributed by atoms with Gasteiger partial charge in [-0.25, -0.2) is 0 Å². The average molecular weight is 555 g/mol. The first-order valence-electron chi connectivity index (χ1n) is 13.8. The van der Waals surface area contributed by atoms with Crippen molar-refractivity contribution in [3.8, 4) is 11.5 Å². The van der Waals surface area contributed by atoms with E-state index in [9.17, 15) is 9.59 Å². The topological polar surface area (TPSA) is 125 Å². The molecule has 0 aliphatic heterocycles. The molecule has 3 aromatic carbocycles. The standard InChI is InChI=1S/C32H34N4O5/c1-39-29-19-25-27(35-22-11-13-23(14-12-22)36-31(37)21-7-3-2-4-8-21)15-17-34-28(25)20-30(29)40-18-16-26(33)32(38)41-24-9-5-6-10-24/h2-4,7-8,11-15,17,19-20,24,26H,5-6,9-10,16,18,33H2,1H3,(H,34,35)(H,36,37)/t26-/m0/s1. The quantitative estimate of drug-likeness (QED) is 0.198. The van der Waals surface area contributed by atoms with Gasteiger partial charge in [0.15, 0.2) is 11.5 Å². The molecule has 0 spiro atoms. The number of esters is 1. The number of nitrogens with zero attached hydrogens (tertiary/aromatic N) is 1. The molecular formula is C32H34N4O5. The van der Waals surface area contributed by atoms with E-state index in [0.717, 1.165) is 42.4 Å². The molecule has 1 heterocycles. The van der Waals surface area contributed by atoms with Crippen molar-refractivity contribution in [2.24, 2.45) is 5.73 Å². The minimum atomic E-state index is -0.742. The van der Waals surface area contributed by atoms with Crippen LogP contribution in [-0.4, -0.2) is 42.7 Å². The number of nitrogens with two attached hydrogens (primary N) is 1. The van der Waals surface area contributed by atoms with Crippen LogP contribution in [0.4, 0.5) is 17.1 Å². The molecule has 0 radical (unpaired) electrons. The monoisotopic (exact) mass is 554 g/mol. The highest BCUT2D eigenvalue weighted by Crippen LogP contribution is 2.36. The van der Waals surface area contributed by atoms with Crippen LogP contribution in [0.3, 0.4) is 0 Å². The third-order valence-electron chi connectivity index (χ3n) is 7.06. The van der Waals surface area contributed by atoms with Crippen LogP contribution in [0.5, 0.6) is 11.5 Å². The van der Waals surface area contributed by atoms with Gasteiger partial charge in [0.1, 0.15) is 12.1 Å². The van der Waals surface area contributed by atoms with Crippen molar-refractivity contribution < 1.29 is 23.8 Å². The molecular weight excluding hydrogens is 520 g/mol. The molecule has 1 aliphatic carbocycles. The summed E-state index contributed by atoms with van der Waals surface area (Å²) in [5.74, 6) is 0.506. The molecule has 1 aromatic heterocycles. The molecule has 4 N–H and O–H groups in total. The Morgan fingerprint density at radius 1 is 0.976 bits per heavy atom. The molecule has 5 rings (SSSR count). The summed E-state index contributed by atoms with van der Waals surface area (Å²) in [7, 11) is 1.57. The molecule has 1 aliphatic rings. The lowest BCUT2D eigenvalue weighted by atomic mass is 10.1. The summed E-state index contributed by atoms with van der Waals surface area (Å²) in [5, 5.41) is 7.16. The Morgan fingerprint density at radius 2 is 1.71 bits per heavy atom. The maximum atomic E-state index is 12.4. The average Bonchev–Trinajstić information content (AvgIpc) is 3.51. The summed E-state index contributed by atoms with van der Waals surface area (Å²) >= 11 is 0. The minimum Gasteiger partial charge on any atom is -0.493 e. The molecule has 9 heteroatoms. The first-order valence-corrected chi connectivity index (χ1v) is 13.8. The number of rotatable bonds is 11. The van der Waals surface area contributed by atoms with E-state index in [0.29, 0.717) is 34.7 Å². The van der Waals surface area contributed by atoms with Gasteiger partial charge in [-0.2, -0.15) is 0 Å². The third-order valence-corrected chi connectivity index (χ3v) is 7.06. The maximum absolute atomic E-state index is 12.4. The van der Waals surface area contributed by atoms with Crippen molar-refractivity contribution in [2.75, 3.05) is 24.4 Å². The summed E-state index contributed by atoms with van der Waals surface area (Å²) in [5.41, 5.74) is 9.72. The molecule has 1 amide bonds. The van der Waals surface area contributed by atoms with Crippen LogP contribution in [0.15, 0.2) is 79.0 Å². The van der Waals surface area contributed by atoms with E-state index < -0.39 is 6.04 Å². The van der Waals surface area contributed by atoms with Crippen LogP contribution >= 0.6 is 0 Å². The summed E-state index contributed by atoms with van der Waals surface area (Å²) in [4.78, 5) is 29.2. The number of anilines is 3. The van der Waals surface area contributed by atoms with Crippen LogP contribution in [0, 0.1) is 0 Å². The van der Waals surface area contributed by atoms with Gasteiger partial charge in [-0.3, -0.25) is 14.6 Å². The van der Waals surface area contributed by atoms with Crippen LogP contribution in [0.25, 0.3) is 10.9 Å². The molecule has 212 valence electrons. The fourth-order valence-electron chi connectivity index (χ4n) is 4.79. The highest BCUT2D eigenvalue weighted by Gasteiger charge is 2.23. The van der Waals surface area contributed by atoms with Crippen molar-refractivity contribution in [3.63, 3.8) is 0 Å². The molecule has 1 atom stereocenters. The Morgan fingerprint density at radius 3 is 2.44 bits per heavy atom. The highest BCUT2D eigenvalue weighted by atomic mass is 16.5. The number of methoxy groups -OCH3 is 1. The Bertz CT molecular complexity index is 1490. The number of carbonyl (C=O) groups is 2. The molecule has 9 nitrogen and oxygen atoms in total. The van der Waals surface area contributed by atoms with Gasteiger partial charge in [0, 0.05) is 46.7 Å². The number of benzene rings is 3. The molecule has 41 heavy (non-hydrogen) atoms. The van der Waals surface area contributed by atoms with Crippen molar-refractivity contribution in [2.45, 2.75) is 44.2 Å².